The van der Waals surface area contributed by atoms with Crippen molar-refractivity contribution in [1.29, 1.82) is 0 Å². The monoisotopic (exact) mass is 428 g/mol. The van der Waals surface area contributed by atoms with Gasteiger partial charge in [0.1, 0.15) is 0 Å². The number of hydrogen-bond donors (Lipinski definition) is 0. The first-order valence-electron chi connectivity index (χ1n) is 7.68. The van der Waals surface area contributed by atoms with Crippen molar-refractivity contribution >= 4 is 37.6 Å². The molecule has 0 bridgehead atoms. The molecule has 0 amide bonds. The summed E-state index contributed by atoms with van der Waals surface area (Å²) in [5.41, 5.74) is 1.24. The molecule has 1 saturated heterocycles. The molecule has 0 radical (unpaired) electrons. The van der Waals surface area contributed by atoms with E-state index in [-0.39, 0.29) is 4.90 Å². The summed E-state index contributed by atoms with van der Waals surface area (Å²) in [5.74, 6) is 0. The van der Waals surface area contributed by atoms with Crippen molar-refractivity contribution in [3.8, 4) is 0 Å². The Bertz CT molecular complexity index is 807. The summed E-state index contributed by atoms with van der Waals surface area (Å²) in [6, 6.07) is 15.0. The maximum absolute atomic E-state index is 12.8. The zero-order valence-electron chi connectivity index (χ0n) is 13.0. The number of hydrogen-bond acceptors (Lipinski definition) is 3. The Morgan fingerprint density at radius 2 is 1.67 bits per heavy atom. The predicted molar refractivity (Wildman–Crippen MR) is 99.6 cm³/mol. The molecule has 24 heavy (non-hydrogen) atoms. The number of sulfonamides is 1. The van der Waals surface area contributed by atoms with E-state index in [0.717, 1.165) is 19.6 Å². The van der Waals surface area contributed by atoms with E-state index in [2.05, 4.69) is 33.0 Å². The molecule has 0 N–H and O–H groups in total. The molecule has 1 fully saturated rings. The molecular formula is C17H18BrClN2O2S. The fraction of sp³-hybridized carbons (Fsp3) is 0.294. The van der Waals surface area contributed by atoms with E-state index < -0.39 is 10.0 Å². The maximum atomic E-state index is 12.8. The molecule has 1 heterocycles. The van der Waals surface area contributed by atoms with Gasteiger partial charge in [-0.2, -0.15) is 4.31 Å². The van der Waals surface area contributed by atoms with E-state index in [0.29, 0.717) is 22.6 Å². The standard InChI is InChI=1S/C17H18BrClN2O2S/c18-16-12-15(19)6-7-17(16)24(22,23)21-10-8-20(9-11-21)13-14-4-2-1-3-5-14/h1-7,12H,8-11,13H2. The molecule has 0 saturated carbocycles. The quantitative estimate of drug-likeness (QED) is 0.745. The van der Waals surface area contributed by atoms with Gasteiger partial charge >= 0.3 is 0 Å². The second-order valence-corrected chi connectivity index (χ2v) is 8.94. The van der Waals surface area contributed by atoms with E-state index in [9.17, 15) is 8.42 Å². The Hall–Kier alpha value is -0.920. The fourth-order valence-corrected chi connectivity index (χ4v) is 5.56. The van der Waals surface area contributed by atoms with Gasteiger partial charge in [0, 0.05) is 42.2 Å². The molecule has 1 aliphatic rings. The van der Waals surface area contributed by atoms with Crippen LogP contribution in [0.3, 0.4) is 0 Å². The van der Waals surface area contributed by atoms with Gasteiger partial charge in [0.25, 0.3) is 0 Å². The maximum Gasteiger partial charge on any atom is 0.244 e. The average molecular weight is 430 g/mol. The Morgan fingerprint density at radius 1 is 1.00 bits per heavy atom. The molecule has 0 unspecified atom stereocenters. The SMILES string of the molecule is O=S(=O)(c1ccc(Cl)cc1Br)N1CCN(Cc2ccccc2)CC1. The number of piperazine rings is 1. The first-order chi connectivity index (χ1) is 11.5. The highest BCUT2D eigenvalue weighted by Crippen LogP contribution is 2.28. The van der Waals surface area contributed by atoms with Crippen molar-refractivity contribution in [1.82, 2.24) is 9.21 Å². The van der Waals surface area contributed by atoms with E-state index >= 15 is 0 Å². The van der Waals surface area contributed by atoms with Gasteiger partial charge in [-0.25, -0.2) is 8.42 Å². The van der Waals surface area contributed by atoms with E-state index in [1.165, 1.54) is 5.56 Å². The molecule has 7 heteroatoms. The van der Waals surface area contributed by atoms with Gasteiger partial charge in [0.2, 0.25) is 10.0 Å². The van der Waals surface area contributed by atoms with Crippen molar-refractivity contribution in [2.24, 2.45) is 0 Å². The third-order valence-electron chi connectivity index (χ3n) is 4.09. The number of rotatable bonds is 4. The van der Waals surface area contributed by atoms with Crippen molar-refractivity contribution in [2.75, 3.05) is 26.2 Å². The molecule has 128 valence electrons. The highest BCUT2D eigenvalue weighted by atomic mass is 79.9. The second kappa shape index (κ2) is 7.54. The Kier molecular flexibility index (Phi) is 5.62. The summed E-state index contributed by atoms with van der Waals surface area (Å²) in [5, 5.41) is 0.508. The summed E-state index contributed by atoms with van der Waals surface area (Å²) >= 11 is 9.21. The smallest absolute Gasteiger partial charge is 0.244 e. The molecule has 1 aliphatic heterocycles. The van der Waals surface area contributed by atoms with Crippen molar-refractivity contribution in [3.05, 3.63) is 63.6 Å². The van der Waals surface area contributed by atoms with Crippen LogP contribution in [-0.2, 0) is 16.6 Å². The van der Waals surface area contributed by atoms with Gasteiger partial charge in [-0.05, 0) is 39.7 Å². The molecule has 2 aromatic carbocycles. The van der Waals surface area contributed by atoms with Crippen molar-refractivity contribution in [2.45, 2.75) is 11.4 Å². The second-order valence-electron chi connectivity index (χ2n) is 5.74. The molecule has 3 rings (SSSR count). The molecule has 0 aliphatic carbocycles. The van der Waals surface area contributed by atoms with Crippen molar-refractivity contribution in [3.63, 3.8) is 0 Å². The molecule has 0 spiro atoms. The normalized spacial score (nSPS) is 17.1. The number of benzene rings is 2. The number of halogens is 2. The first-order valence-corrected chi connectivity index (χ1v) is 10.3. The van der Waals surface area contributed by atoms with E-state index in [4.69, 9.17) is 11.6 Å². The van der Waals surface area contributed by atoms with Crippen LogP contribution in [0.15, 0.2) is 57.9 Å². The van der Waals surface area contributed by atoms with Crippen LogP contribution in [0.4, 0.5) is 0 Å². The van der Waals surface area contributed by atoms with Gasteiger partial charge in [-0.3, -0.25) is 4.90 Å². The molecular weight excluding hydrogens is 412 g/mol. The lowest BCUT2D eigenvalue weighted by atomic mass is 10.2. The zero-order chi connectivity index (χ0) is 17.2. The molecule has 0 atom stereocenters. The minimum absolute atomic E-state index is 0.267. The lowest BCUT2D eigenvalue weighted by Gasteiger charge is -2.34. The van der Waals surface area contributed by atoms with Crippen LogP contribution < -0.4 is 0 Å². The average Bonchev–Trinajstić information content (AvgIpc) is 2.56. The summed E-state index contributed by atoms with van der Waals surface area (Å²) in [7, 11) is -3.50. The van der Waals surface area contributed by atoms with Crippen LogP contribution in [-0.4, -0.2) is 43.8 Å². The van der Waals surface area contributed by atoms with Crippen LogP contribution in [0.2, 0.25) is 5.02 Å². The fourth-order valence-electron chi connectivity index (χ4n) is 2.79. The highest BCUT2D eigenvalue weighted by molar-refractivity contribution is 9.10. The first kappa shape index (κ1) is 17.9. The minimum Gasteiger partial charge on any atom is -0.296 e. The van der Waals surface area contributed by atoms with Gasteiger partial charge in [0.05, 0.1) is 4.90 Å². The van der Waals surface area contributed by atoms with Crippen LogP contribution >= 0.6 is 27.5 Å². The topological polar surface area (TPSA) is 40.6 Å². The van der Waals surface area contributed by atoms with Crippen LogP contribution in [0.25, 0.3) is 0 Å². The van der Waals surface area contributed by atoms with Gasteiger partial charge in [-0.1, -0.05) is 41.9 Å². The third kappa shape index (κ3) is 4.00. The van der Waals surface area contributed by atoms with E-state index in [1.807, 2.05) is 18.2 Å². The Morgan fingerprint density at radius 3 is 2.29 bits per heavy atom. The largest absolute Gasteiger partial charge is 0.296 e. The van der Waals surface area contributed by atoms with E-state index in [1.54, 1.807) is 22.5 Å². The van der Waals surface area contributed by atoms with Crippen LogP contribution in [0.1, 0.15) is 5.56 Å². The molecule has 0 aromatic heterocycles. The molecule has 2 aromatic rings. The number of nitrogens with zero attached hydrogens (tertiary/aromatic N) is 2. The van der Waals surface area contributed by atoms with Crippen molar-refractivity contribution < 1.29 is 8.42 Å². The summed E-state index contributed by atoms with van der Waals surface area (Å²) < 4.78 is 27.7. The predicted octanol–water partition coefficient (Wildman–Crippen LogP) is 3.61. The highest BCUT2D eigenvalue weighted by Gasteiger charge is 2.29. The Labute approximate surface area is 156 Å². The Balaban J connectivity index is 1.67. The summed E-state index contributed by atoms with van der Waals surface area (Å²) in [6.45, 7) is 3.27. The third-order valence-corrected chi connectivity index (χ3v) is 7.20. The van der Waals surface area contributed by atoms with Gasteiger partial charge < -0.3 is 0 Å². The summed E-state index contributed by atoms with van der Waals surface area (Å²) in [4.78, 5) is 2.54. The lowest BCUT2D eigenvalue weighted by Crippen LogP contribution is -2.48. The van der Waals surface area contributed by atoms with Gasteiger partial charge in [0.15, 0.2) is 0 Å². The van der Waals surface area contributed by atoms with Gasteiger partial charge in [-0.15, -0.1) is 0 Å². The van der Waals surface area contributed by atoms with Crippen LogP contribution in [0.5, 0.6) is 0 Å². The minimum atomic E-state index is -3.50. The zero-order valence-corrected chi connectivity index (χ0v) is 16.2. The van der Waals surface area contributed by atoms with Crippen LogP contribution in [0, 0.1) is 0 Å². The summed E-state index contributed by atoms with van der Waals surface area (Å²) in [6.07, 6.45) is 0. The lowest BCUT2D eigenvalue weighted by molar-refractivity contribution is 0.181. The molecule has 4 nitrogen and oxygen atoms in total.